The number of benzene rings is 1. The Morgan fingerprint density at radius 1 is 1.33 bits per heavy atom. The molecule has 7 heteroatoms. The van der Waals surface area contributed by atoms with Gasteiger partial charge in [0.1, 0.15) is 5.69 Å². The van der Waals surface area contributed by atoms with Crippen molar-refractivity contribution in [3.05, 3.63) is 78.3 Å². The van der Waals surface area contributed by atoms with Gasteiger partial charge in [-0.05, 0) is 56.9 Å². The Kier molecular flexibility index (Phi) is 6.74. The molecular weight excluding hydrogens is 366 g/mol. The number of aromatic nitrogens is 2. The minimum absolute atomic E-state index is 0.155. The number of aliphatic hydroxyl groups excluding tert-OH is 1. The number of hydrogen-bond donors (Lipinski definition) is 2. The maximum atomic E-state index is 12.3. The molecule has 3 rings (SSSR count). The minimum atomic E-state index is -0.760. The van der Waals surface area contributed by atoms with E-state index in [9.17, 15) is 9.90 Å². The van der Waals surface area contributed by atoms with Crippen LogP contribution < -0.4 is 5.32 Å². The Bertz CT molecular complexity index is 772. The van der Waals surface area contributed by atoms with Crippen LogP contribution in [0.25, 0.3) is 0 Å². The molecule has 0 amide bonds. The highest BCUT2D eigenvalue weighted by atomic mass is 35.5. The summed E-state index contributed by atoms with van der Waals surface area (Å²) in [4.78, 5) is 12.3. The third-order valence-corrected chi connectivity index (χ3v) is 4.21. The number of halogens is 1. The molecule has 2 N–H and O–H groups in total. The maximum Gasteiger partial charge on any atom is 0.356 e. The van der Waals surface area contributed by atoms with E-state index in [1.807, 2.05) is 37.8 Å². The summed E-state index contributed by atoms with van der Waals surface area (Å²) in [5.74, 6) is 0.448. The topological polar surface area (TPSA) is 76.4 Å². The Morgan fingerprint density at radius 2 is 2.11 bits per heavy atom. The standard InChI is InChI=1S/C20H21ClN3O3/c1-2-27-20(26)19-11-18(14-6-3-4-7-14)23-24(19)13-17(25)12-22-16-9-5-8-15(21)10-16/h3-11,17,22,25H,2,12-13H2,1H3/t17-/m0/s1. The summed E-state index contributed by atoms with van der Waals surface area (Å²) in [6.07, 6.45) is 6.88. The van der Waals surface area contributed by atoms with E-state index < -0.39 is 12.1 Å². The van der Waals surface area contributed by atoms with Gasteiger partial charge in [-0.25, -0.2) is 4.79 Å². The summed E-state index contributed by atoms with van der Waals surface area (Å²) in [5, 5.41) is 18.6. The van der Waals surface area contributed by atoms with E-state index in [4.69, 9.17) is 16.3 Å². The number of carbonyl (C=O) groups excluding carboxylic acids is 1. The third kappa shape index (κ3) is 5.23. The van der Waals surface area contributed by atoms with Crippen molar-refractivity contribution in [1.82, 2.24) is 9.78 Å². The highest BCUT2D eigenvalue weighted by Gasteiger charge is 2.26. The number of esters is 1. The molecular formula is C20H21ClN3O3. The van der Waals surface area contributed by atoms with Gasteiger partial charge in [0.15, 0.2) is 0 Å². The van der Waals surface area contributed by atoms with Gasteiger partial charge in [-0.1, -0.05) is 17.7 Å². The van der Waals surface area contributed by atoms with Gasteiger partial charge in [-0.15, -0.1) is 0 Å². The molecule has 1 saturated carbocycles. The lowest BCUT2D eigenvalue weighted by Gasteiger charge is -2.14. The number of nitrogens with zero attached hydrogens (tertiary/aromatic N) is 2. The van der Waals surface area contributed by atoms with Crippen molar-refractivity contribution in [2.45, 2.75) is 19.6 Å². The second-order valence-electron chi connectivity index (χ2n) is 6.04. The van der Waals surface area contributed by atoms with Crippen LogP contribution in [0.15, 0.2) is 30.3 Å². The molecule has 27 heavy (non-hydrogen) atoms. The molecule has 1 aromatic carbocycles. The van der Waals surface area contributed by atoms with Gasteiger partial charge < -0.3 is 15.2 Å². The van der Waals surface area contributed by atoms with Crippen molar-refractivity contribution in [1.29, 1.82) is 0 Å². The number of carbonyl (C=O) groups is 1. The molecule has 141 valence electrons. The largest absolute Gasteiger partial charge is 0.461 e. The van der Waals surface area contributed by atoms with E-state index in [0.717, 1.165) is 11.6 Å². The molecule has 1 aliphatic rings. The van der Waals surface area contributed by atoms with Crippen molar-refractivity contribution in [3.63, 3.8) is 0 Å². The van der Waals surface area contributed by atoms with Gasteiger partial charge in [0, 0.05) is 23.2 Å². The molecule has 5 radical (unpaired) electrons. The highest BCUT2D eigenvalue weighted by Crippen LogP contribution is 2.29. The van der Waals surface area contributed by atoms with E-state index in [1.54, 1.807) is 25.1 Å². The zero-order valence-corrected chi connectivity index (χ0v) is 15.7. The first kappa shape index (κ1) is 19.7. The lowest BCUT2D eigenvalue weighted by atomic mass is 10.0. The van der Waals surface area contributed by atoms with E-state index in [1.165, 1.54) is 4.68 Å². The molecule has 0 unspecified atom stereocenters. The highest BCUT2D eigenvalue weighted by molar-refractivity contribution is 6.30. The number of anilines is 1. The van der Waals surface area contributed by atoms with Gasteiger partial charge in [-0.2, -0.15) is 5.10 Å². The van der Waals surface area contributed by atoms with Crippen molar-refractivity contribution in [2.24, 2.45) is 0 Å². The molecule has 1 atom stereocenters. The van der Waals surface area contributed by atoms with Gasteiger partial charge in [0.2, 0.25) is 0 Å². The van der Waals surface area contributed by atoms with Crippen LogP contribution >= 0.6 is 11.6 Å². The van der Waals surface area contributed by atoms with Crippen LogP contribution in [0, 0.1) is 31.6 Å². The van der Waals surface area contributed by atoms with Gasteiger partial charge in [-0.3, -0.25) is 4.68 Å². The van der Waals surface area contributed by atoms with E-state index in [-0.39, 0.29) is 19.7 Å². The summed E-state index contributed by atoms with van der Waals surface area (Å²) in [6, 6.07) is 8.94. The van der Waals surface area contributed by atoms with Crippen LogP contribution in [0.4, 0.5) is 5.69 Å². The molecule has 1 aliphatic carbocycles. The smallest absolute Gasteiger partial charge is 0.356 e. The molecule has 0 bridgehead atoms. The van der Waals surface area contributed by atoms with Crippen LogP contribution in [-0.4, -0.2) is 40.1 Å². The van der Waals surface area contributed by atoms with Crippen LogP contribution in [0.2, 0.25) is 5.02 Å². The average Bonchev–Trinajstić information content (AvgIpc) is 3.30. The lowest BCUT2D eigenvalue weighted by molar-refractivity contribution is 0.0507. The molecule has 2 aromatic rings. The molecule has 0 spiro atoms. The molecule has 0 saturated heterocycles. The maximum absolute atomic E-state index is 12.3. The molecule has 1 heterocycles. The van der Waals surface area contributed by atoms with Gasteiger partial charge in [0.05, 0.1) is 24.9 Å². The lowest BCUT2D eigenvalue weighted by Crippen LogP contribution is -2.27. The second-order valence-corrected chi connectivity index (χ2v) is 6.47. The summed E-state index contributed by atoms with van der Waals surface area (Å²) >= 11 is 5.96. The minimum Gasteiger partial charge on any atom is -0.461 e. The van der Waals surface area contributed by atoms with E-state index >= 15 is 0 Å². The summed E-state index contributed by atoms with van der Waals surface area (Å²) in [7, 11) is 0. The number of nitrogens with one attached hydrogen (secondary N) is 1. The summed E-state index contributed by atoms with van der Waals surface area (Å²) in [5.41, 5.74) is 1.79. The molecule has 6 nitrogen and oxygen atoms in total. The first-order chi connectivity index (χ1) is 13.1. The number of ether oxygens (including phenoxy) is 1. The van der Waals surface area contributed by atoms with Crippen molar-refractivity contribution >= 4 is 23.3 Å². The Morgan fingerprint density at radius 3 is 2.81 bits per heavy atom. The zero-order chi connectivity index (χ0) is 19.2. The number of aliphatic hydroxyl groups is 1. The monoisotopic (exact) mass is 386 g/mol. The number of hydrogen-bond acceptors (Lipinski definition) is 5. The summed E-state index contributed by atoms with van der Waals surface area (Å²) < 4.78 is 6.60. The fourth-order valence-corrected chi connectivity index (χ4v) is 2.90. The summed E-state index contributed by atoms with van der Waals surface area (Å²) in [6.45, 7) is 2.46. The number of rotatable bonds is 8. The van der Waals surface area contributed by atoms with Crippen molar-refractivity contribution in [2.75, 3.05) is 18.5 Å². The van der Waals surface area contributed by atoms with Crippen LogP contribution in [-0.2, 0) is 11.3 Å². The van der Waals surface area contributed by atoms with Gasteiger partial charge in [0.25, 0.3) is 0 Å². The molecule has 0 aliphatic heterocycles. The average molecular weight is 387 g/mol. The Labute approximate surface area is 164 Å². The Hall–Kier alpha value is -2.05. The molecule has 1 aromatic heterocycles. The predicted molar refractivity (Wildman–Crippen MR) is 104 cm³/mol. The van der Waals surface area contributed by atoms with Crippen molar-refractivity contribution < 1.29 is 14.6 Å². The Balaban J connectivity index is 1.68. The molecule has 1 fully saturated rings. The second kappa shape index (κ2) is 9.24. The van der Waals surface area contributed by atoms with Gasteiger partial charge >= 0.3 is 5.97 Å². The first-order valence-electron chi connectivity index (χ1n) is 8.71. The van der Waals surface area contributed by atoms with Crippen LogP contribution in [0.5, 0.6) is 0 Å². The predicted octanol–water partition coefficient (Wildman–Crippen LogP) is 2.94. The normalized spacial score (nSPS) is 15.7. The van der Waals surface area contributed by atoms with Crippen LogP contribution in [0.1, 0.15) is 23.1 Å². The van der Waals surface area contributed by atoms with Crippen molar-refractivity contribution in [3.8, 4) is 0 Å². The fourth-order valence-electron chi connectivity index (χ4n) is 2.71. The third-order valence-electron chi connectivity index (χ3n) is 3.97. The quantitative estimate of drug-likeness (QED) is 0.682. The van der Waals surface area contributed by atoms with Crippen LogP contribution in [0.3, 0.4) is 0 Å². The fraction of sp³-hybridized carbons (Fsp3) is 0.250. The first-order valence-corrected chi connectivity index (χ1v) is 9.09. The SMILES string of the molecule is CCOC(=O)c1cc([C]2[CH][CH][CH][CH]2)nn1C[C@@H](O)CNc1cccc(Cl)c1. The zero-order valence-electron chi connectivity index (χ0n) is 14.9. The van der Waals surface area contributed by atoms with E-state index in [0.29, 0.717) is 16.4 Å². The van der Waals surface area contributed by atoms with E-state index in [2.05, 4.69) is 10.4 Å².